The van der Waals surface area contributed by atoms with Gasteiger partial charge in [0.2, 0.25) is 0 Å². The molecule has 1 aliphatic carbocycles. The van der Waals surface area contributed by atoms with Crippen LogP contribution in [0.15, 0.2) is 18.2 Å². The topological polar surface area (TPSA) is 17.0 Å². The molecule has 17 heavy (non-hydrogen) atoms. The summed E-state index contributed by atoms with van der Waals surface area (Å²) >= 11 is 6.14. The van der Waals surface area contributed by atoms with Crippen LogP contribution in [0.2, 0.25) is 5.02 Å². The SMILES string of the molecule is Clc1ccc2c(c1)c1c3n2CCN[C@H]3CCC1. The molecule has 0 amide bonds. The lowest BCUT2D eigenvalue weighted by molar-refractivity contribution is 0.384. The zero-order valence-corrected chi connectivity index (χ0v) is 10.4. The highest BCUT2D eigenvalue weighted by Crippen LogP contribution is 2.39. The van der Waals surface area contributed by atoms with E-state index in [1.54, 1.807) is 0 Å². The van der Waals surface area contributed by atoms with E-state index in [9.17, 15) is 0 Å². The molecule has 1 aliphatic heterocycles. The highest BCUT2D eigenvalue weighted by atomic mass is 35.5. The second-order valence-corrected chi connectivity index (χ2v) is 5.51. The first-order valence-corrected chi connectivity index (χ1v) is 6.76. The Balaban J connectivity index is 2.11. The van der Waals surface area contributed by atoms with E-state index in [0.717, 1.165) is 18.1 Å². The highest BCUT2D eigenvalue weighted by molar-refractivity contribution is 6.31. The molecule has 2 aliphatic rings. The van der Waals surface area contributed by atoms with Crippen LogP contribution in [0.3, 0.4) is 0 Å². The molecule has 0 saturated carbocycles. The Hall–Kier alpha value is -0.990. The van der Waals surface area contributed by atoms with Gasteiger partial charge in [-0.3, -0.25) is 0 Å². The van der Waals surface area contributed by atoms with E-state index in [-0.39, 0.29) is 0 Å². The van der Waals surface area contributed by atoms with Crippen LogP contribution in [-0.4, -0.2) is 11.1 Å². The zero-order valence-electron chi connectivity index (χ0n) is 9.67. The van der Waals surface area contributed by atoms with Crippen molar-refractivity contribution in [1.29, 1.82) is 0 Å². The monoisotopic (exact) mass is 246 g/mol. The van der Waals surface area contributed by atoms with Gasteiger partial charge in [0.25, 0.3) is 0 Å². The van der Waals surface area contributed by atoms with Gasteiger partial charge in [-0.15, -0.1) is 0 Å². The van der Waals surface area contributed by atoms with Gasteiger partial charge in [-0.2, -0.15) is 0 Å². The summed E-state index contributed by atoms with van der Waals surface area (Å²) < 4.78 is 2.50. The minimum absolute atomic E-state index is 0.568. The lowest BCUT2D eigenvalue weighted by atomic mass is 9.91. The van der Waals surface area contributed by atoms with Crippen LogP contribution in [-0.2, 0) is 13.0 Å². The predicted molar refractivity (Wildman–Crippen MR) is 70.6 cm³/mol. The molecule has 2 nitrogen and oxygen atoms in total. The van der Waals surface area contributed by atoms with Crippen LogP contribution < -0.4 is 5.32 Å². The maximum atomic E-state index is 6.14. The summed E-state index contributed by atoms with van der Waals surface area (Å²) in [4.78, 5) is 0. The molecular formula is C14H15ClN2. The molecule has 1 aromatic heterocycles. The van der Waals surface area contributed by atoms with Crippen molar-refractivity contribution in [1.82, 2.24) is 9.88 Å². The summed E-state index contributed by atoms with van der Waals surface area (Å²) in [5.41, 5.74) is 4.43. The summed E-state index contributed by atoms with van der Waals surface area (Å²) in [6, 6.07) is 6.90. The first kappa shape index (κ1) is 9.98. The Morgan fingerprint density at radius 2 is 2.29 bits per heavy atom. The van der Waals surface area contributed by atoms with E-state index in [1.165, 1.54) is 41.4 Å². The Morgan fingerprint density at radius 3 is 3.24 bits per heavy atom. The van der Waals surface area contributed by atoms with Gasteiger partial charge < -0.3 is 9.88 Å². The number of hydrogen-bond acceptors (Lipinski definition) is 1. The van der Waals surface area contributed by atoms with Gasteiger partial charge in [0.1, 0.15) is 0 Å². The molecule has 88 valence electrons. The van der Waals surface area contributed by atoms with Crippen molar-refractivity contribution in [2.75, 3.05) is 6.54 Å². The third kappa shape index (κ3) is 1.31. The number of rotatable bonds is 0. The van der Waals surface area contributed by atoms with Crippen LogP contribution in [0.5, 0.6) is 0 Å². The Bertz CT molecular complexity index is 598. The fourth-order valence-corrected chi connectivity index (χ4v) is 3.66. The van der Waals surface area contributed by atoms with E-state index in [2.05, 4.69) is 22.0 Å². The maximum absolute atomic E-state index is 6.14. The number of aromatic nitrogens is 1. The maximum Gasteiger partial charge on any atom is 0.0487 e. The minimum atomic E-state index is 0.568. The number of aryl methyl sites for hydroxylation is 1. The van der Waals surface area contributed by atoms with E-state index < -0.39 is 0 Å². The summed E-state index contributed by atoms with van der Waals surface area (Å²) in [6.07, 6.45) is 3.77. The Labute approximate surface area is 106 Å². The molecule has 0 unspecified atom stereocenters. The van der Waals surface area contributed by atoms with Crippen LogP contribution >= 0.6 is 11.6 Å². The second kappa shape index (κ2) is 3.50. The van der Waals surface area contributed by atoms with Crippen molar-refractivity contribution in [3.8, 4) is 0 Å². The quantitative estimate of drug-likeness (QED) is 0.755. The highest BCUT2D eigenvalue weighted by Gasteiger charge is 2.29. The molecule has 0 radical (unpaired) electrons. The van der Waals surface area contributed by atoms with Gasteiger partial charge in [0.15, 0.2) is 0 Å². The Kier molecular flexibility index (Phi) is 2.06. The van der Waals surface area contributed by atoms with Gasteiger partial charge in [-0.25, -0.2) is 0 Å². The van der Waals surface area contributed by atoms with Gasteiger partial charge in [-0.05, 0) is 43.0 Å². The normalized spacial score (nSPS) is 22.8. The third-order valence-corrected chi connectivity index (χ3v) is 4.39. The number of benzene rings is 1. The lowest BCUT2D eigenvalue weighted by Gasteiger charge is -2.31. The summed E-state index contributed by atoms with van der Waals surface area (Å²) in [7, 11) is 0. The molecule has 4 rings (SSSR count). The number of nitrogens with one attached hydrogen (secondary N) is 1. The fourth-order valence-electron chi connectivity index (χ4n) is 3.49. The van der Waals surface area contributed by atoms with Crippen molar-refractivity contribution >= 4 is 22.5 Å². The van der Waals surface area contributed by atoms with Gasteiger partial charge in [0, 0.05) is 40.8 Å². The van der Waals surface area contributed by atoms with Crippen LogP contribution in [0, 0.1) is 0 Å². The molecule has 2 heterocycles. The molecule has 0 bridgehead atoms. The molecule has 3 heteroatoms. The number of hydrogen-bond donors (Lipinski definition) is 1. The average Bonchev–Trinajstić information content (AvgIpc) is 2.67. The van der Waals surface area contributed by atoms with Crippen molar-refractivity contribution in [2.24, 2.45) is 0 Å². The van der Waals surface area contributed by atoms with Gasteiger partial charge >= 0.3 is 0 Å². The first-order chi connectivity index (χ1) is 8.34. The molecular weight excluding hydrogens is 232 g/mol. The van der Waals surface area contributed by atoms with Crippen molar-refractivity contribution in [3.05, 3.63) is 34.5 Å². The van der Waals surface area contributed by atoms with Crippen LogP contribution in [0.4, 0.5) is 0 Å². The van der Waals surface area contributed by atoms with Crippen LogP contribution in [0.25, 0.3) is 10.9 Å². The largest absolute Gasteiger partial charge is 0.342 e. The van der Waals surface area contributed by atoms with E-state index >= 15 is 0 Å². The van der Waals surface area contributed by atoms with E-state index in [0.29, 0.717) is 6.04 Å². The van der Waals surface area contributed by atoms with Gasteiger partial charge in [0.05, 0.1) is 0 Å². The summed E-state index contributed by atoms with van der Waals surface area (Å²) in [5, 5.41) is 5.87. The summed E-state index contributed by atoms with van der Waals surface area (Å²) in [5.74, 6) is 0. The average molecular weight is 247 g/mol. The predicted octanol–water partition coefficient (Wildman–Crippen LogP) is 3.28. The third-order valence-electron chi connectivity index (χ3n) is 4.15. The number of nitrogens with zero attached hydrogens (tertiary/aromatic N) is 1. The van der Waals surface area contributed by atoms with E-state index in [1.807, 2.05) is 6.07 Å². The molecule has 1 aromatic carbocycles. The first-order valence-electron chi connectivity index (χ1n) is 6.38. The molecule has 0 fully saturated rings. The minimum Gasteiger partial charge on any atom is -0.342 e. The van der Waals surface area contributed by atoms with Crippen molar-refractivity contribution in [2.45, 2.75) is 31.8 Å². The second-order valence-electron chi connectivity index (χ2n) is 5.08. The number of fused-ring (bicyclic) bond motifs is 3. The summed E-state index contributed by atoms with van der Waals surface area (Å²) in [6.45, 7) is 2.17. The van der Waals surface area contributed by atoms with Crippen molar-refractivity contribution in [3.63, 3.8) is 0 Å². The molecule has 0 saturated heterocycles. The van der Waals surface area contributed by atoms with Gasteiger partial charge in [-0.1, -0.05) is 11.6 Å². The lowest BCUT2D eigenvalue weighted by Crippen LogP contribution is -2.35. The standard InChI is InChI=1S/C14H15ClN2/c15-9-4-5-13-11(8-9)10-2-1-3-12-14(10)17(13)7-6-16-12/h4-5,8,12,16H,1-3,6-7H2/t12-/m0/s1. The smallest absolute Gasteiger partial charge is 0.0487 e. The Morgan fingerprint density at radius 1 is 1.35 bits per heavy atom. The molecule has 1 N–H and O–H groups in total. The zero-order chi connectivity index (χ0) is 11.4. The fraction of sp³-hybridized carbons (Fsp3) is 0.429. The molecule has 1 atom stereocenters. The van der Waals surface area contributed by atoms with Crippen molar-refractivity contribution < 1.29 is 0 Å². The number of halogens is 1. The molecule has 0 spiro atoms. The molecule has 2 aromatic rings. The van der Waals surface area contributed by atoms with E-state index in [4.69, 9.17) is 11.6 Å². The van der Waals surface area contributed by atoms with Crippen LogP contribution in [0.1, 0.15) is 30.1 Å².